The van der Waals surface area contributed by atoms with Gasteiger partial charge in [-0.3, -0.25) is 28.8 Å². The van der Waals surface area contributed by atoms with Gasteiger partial charge < -0.3 is 32.3 Å². The van der Waals surface area contributed by atoms with Crippen LogP contribution in [0.15, 0.2) is 176 Å². The van der Waals surface area contributed by atoms with Crippen LogP contribution in [0.4, 0.5) is 0 Å². The van der Waals surface area contributed by atoms with E-state index in [0.717, 1.165) is 224 Å². The van der Waals surface area contributed by atoms with Gasteiger partial charge in [-0.15, -0.1) is 0 Å². The van der Waals surface area contributed by atoms with Crippen molar-refractivity contribution in [2.24, 2.45) is 0 Å². The molecule has 2 aromatic heterocycles. The summed E-state index contributed by atoms with van der Waals surface area (Å²) in [6.45, 7) is 48.8. The predicted octanol–water partition coefficient (Wildman–Crippen LogP) is 32.7. The molecule has 0 saturated carbocycles. The van der Waals surface area contributed by atoms with Crippen molar-refractivity contribution in [1.82, 2.24) is 0 Å². The summed E-state index contributed by atoms with van der Waals surface area (Å²) in [5, 5.41) is 21.3. The van der Waals surface area contributed by atoms with E-state index < -0.39 is 25.0 Å². The average Bonchev–Trinajstić information content (AvgIpc) is 1.21. The minimum Gasteiger partial charge on any atom is -0.508 e. The summed E-state index contributed by atoms with van der Waals surface area (Å²) in [6.07, 6.45) is 39.0. The van der Waals surface area contributed by atoms with Gasteiger partial charge in [0.1, 0.15) is 34.2 Å². The van der Waals surface area contributed by atoms with Crippen LogP contribution in [0.25, 0.3) is 21.9 Å². The van der Waals surface area contributed by atoms with Crippen LogP contribution in [-0.2, 0) is 106 Å². The van der Waals surface area contributed by atoms with E-state index in [0.29, 0.717) is 116 Å². The lowest BCUT2D eigenvalue weighted by Crippen LogP contribution is -2.50. The Morgan fingerprint density at radius 3 is 1.01 bits per heavy atom. The van der Waals surface area contributed by atoms with Gasteiger partial charge in [-0.2, -0.15) is 0 Å². The molecule has 8 aliphatic carbocycles. The largest absolute Gasteiger partial charge is 0.508 e. The Labute approximate surface area is 889 Å². The van der Waals surface area contributed by atoms with Crippen LogP contribution in [0.1, 0.15) is 409 Å². The topological polar surface area (TPSA) is 231 Å². The van der Waals surface area contributed by atoms with E-state index in [-0.39, 0.29) is 46.5 Å². The number of ketones is 5. The highest BCUT2D eigenvalue weighted by Crippen LogP contribution is 2.49. The van der Waals surface area contributed by atoms with E-state index in [9.17, 15) is 48.6 Å². The van der Waals surface area contributed by atoms with Crippen molar-refractivity contribution >= 4 is 82.1 Å². The first kappa shape index (κ1) is 119. The zero-order valence-corrected chi connectivity index (χ0v) is 96.9. The van der Waals surface area contributed by atoms with E-state index in [1.165, 1.54) is 112 Å². The summed E-state index contributed by atoms with van der Waals surface area (Å²) in [4.78, 5) is 92.0. The third-order valence-corrected chi connectivity index (χ3v) is 51.4. The highest BCUT2D eigenvalue weighted by molar-refractivity contribution is 6.78. The molecule has 3 unspecified atom stereocenters. The molecule has 10 aromatic rings. The van der Waals surface area contributed by atoms with Crippen LogP contribution in [0, 0.1) is 20.8 Å². The van der Waals surface area contributed by atoms with Gasteiger partial charge in [0, 0.05) is 103 Å². The first-order valence-corrected chi connectivity index (χ1v) is 63.3. The Bertz CT molecular complexity index is 6080. The van der Waals surface area contributed by atoms with Crippen LogP contribution >= 0.6 is 0 Å². The third-order valence-electron chi connectivity index (χ3n) is 33.0. The number of aromatic hydroxyl groups is 2. The zero-order chi connectivity index (χ0) is 107. The van der Waals surface area contributed by atoms with Crippen LogP contribution in [-0.4, -0.2) is 88.7 Å². The zero-order valence-electron chi connectivity index (χ0n) is 93.9. The number of rotatable bonds is 16. The number of aldehydes is 1. The minimum absolute atomic E-state index is 0.0955. The number of phenols is 2. The van der Waals surface area contributed by atoms with Gasteiger partial charge in [0.25, 0.3) is 0 Å². The van der Waals surface area contributed by atoms with Crippen LogP contribution in [0.2, 0.25) is 49.9 Å². The van der Waals surface area contributed by atoms with Crippen LogP contribution in [0.3, 0.4) is 0 Å². The predicted molar refractivity (Wildman–Crippen MR) is 616 cm³/mol. The number of carbonyl (C=O) groups excluding carboxylic acids is 6. The number of Topliss-reactive ketones (excluding diaryl/α,β-unsaturated/α-hetero) is 5. The summed E-state index contributed by atoms with van der Waals surface area (Å²) in [6, 6.07) is 51.3. The van der Waals surface area contributed by atoms with Crippen LogP contribution in [0.5, 0.6) is 11.5 Å². The molecule has 0 bridgehead atoms. The van der Waals surface area contributed by atoms with Gasteiger partial charge in [0.15, 0.2) is 23.6 Å². The van der Waals surface area contributed by atoms with Gasteiger partial charge in [-0.05, 0) is 383 Å². The lowest BCUT2D eigenvalue weighted by atomic mass is 9.90. The molecule has 8 aromatic carbocycles. The molecule has 0 aliphatic heterocycles. The number of aryl methyl sites for hydroxylation is 11. The Kier molecular flexibility index (Phi) is 45.4. The molecule has 0 spiro atoms. The van der Waals surface area contributed by atoms with Crippen molar-refractivity contribution in [2.45, 2.75) is 451 Å². The van der Waals surface area contributed by atoms with Crippen molar-refractivity contribution in [1.29, 1.82) is 0 Å². The van der Waals surface area contributed by atoms with Gasteiger partial charge >= 0.3 is 11.3 Å². The quantitative estimate of drug-likeness (QED) is 0.0396. The second kappa shape index (κ2) is 56.6. The maximum Gasteiger partial charge on any atom is 0.336 e. The molecular weight excluding hydrogens is 1890 g/mol. The average molecular weight is 2070 g/mol. The fourth-order valence-electron chi connectivity index (χ4n) is 25.6. The molecule has 2 N–H and O–H groups in total. The van der Waals surface area contributed by atoms with E-state index in [1.807, 2.05) is 61.5 Å². The van der Waals surface area contributed by atoms with E-state index in [2.05, 4.69) is 205 Å². The first-order valence-electron chi connectivity index (χ1n) is 56.9. The second-order valence-corrected chi connectivity index (χ2v) is 62.8. The lowest BCUT2D eigenvalue weighted by Gasteiger charge is -2.45. The molecular formula is C130H178O15Si3. The summed E-state index contributed by atoms with van der Waals surface area (Å²) >= 11 is 0. The maximum absolute atomic E-state index is 11.7. The summed E-state index contributed by atoms with van der Waals surface area (Å²) in [5.41, 5.74) is 29.6. The first-order chi connectivity index (χ1) is 70.6. The molecule has 18 rings (SSSR count). The normalized spacial score (nSPS) is 17.8. The molecule has 0 fully saturated rings. The molecule has 800 valence electrons. The Balaban J connectivity index is 0.000000163. The molecule has 0 amide bonds. The number of hydrogen-bond acceptors (Lipinski definition) is 15. The molecule has 3 atom stereocenters. The summed E-state index contributed by atoms with van der Waals surface area (Å²) in [7, 11) is -5.62. The smallest absolute Gasteiger partial charge is 0.336 e. The van der Waals surface area contributed by atoms with Crippen molar-refractivity contribution in [2.75, 3.05) is 0 Å². The van der Waals surface area contributed by atoms with Crippen molar-refractivity contribution in [3.05, 3.63) is 290 Å². The number of fused-ring (bicyclic) bond motifs is 10. The fraction of sp³-hybridized carbons (Fsp3) is 0.538. The minimum atomic E-state index is -1.93. The number of phenolic OH excluding ortho intramolecular Hbond substituents is 2. The van der Waals surface area contributed by atoms with Crippen molar-refractivity contribution < 1.29 is 61.1 Å². The highest BCUT2D eigenvalue weighted by Gasteiger charge is 2.50. The third kappa shape index (κ3) is 32.2. The van der Waals surface area contributed by atoms with Gasteiger partial charge in [0.2, 0.25) is 25.0 Å². The molecule has 15 nitrogen and oxygen atoms in total. The Morgan fingerprint density at radius 2 is 0.588 bits per heavy atom. The molecule has 18 heteroatoms. The van der Waals surface area contributed by atoms with E-state index in [4.69, 9.17) is 22.1 Å². The maximum atomic E-state index is 11.7. The highest BCUT2D eigenvalue weighted by atomic mass is 28.4. The van der Waals surface area contributed by atoms with Gasteiger partial charge in [-0.25, -0.2) is 9.59 Å². The summed E-state index contributed by atoms with van der Waals surface area (Å²) in [5.74, 6) is 1.78. The van der Waals surface area contributed by atoms with E-state index in [1.54, 1.807) is 35.4 Å². The molecule has 8 aliphatic rings. The SMILES string of the molecule is CC(C)[Si](OC1CCCCc2cc(C=O)c(O)cc2C1)(C(C)C)C(C)C.CC(C)[Si](OC1CCCCc2cc3ccc(=O)oc3cc2C1)(C(C)C)C(C)C.Cc1ccc2c(c1)C(=O)CCCC2.Cc1ccc2c(c1)CC(=O)CCCC2.Cc1ccc2c(c1)CC(O[Si](C(C)C)(C(C)C)C(C)C)CCCC2.O=C1CCCCc2cc3ccc(=O)oc3cc2C1.O=C1CCCCc2ccc(O)cc21.O=C1CCCCc2ccccc21. The van der Waals surface area contributed by atoms with E-state index >= 15 is 0 Å². The molecule has 0 saturated heterocycles. The number of benzene rings is 8. The Morgan fingerprint density at radius 1 is 0.284 bits per heavy atom. The molecule has 2 heterocycles. The monoisotopic (exact) mass is 2060 g/mol. The second-order valence-electron chi connectivity index (χ2n) is 46.6. The Hall–Kier alpha value is -9.67. The molecule has 0 radical (unpaired) electrons. The number of carbonyl (C=O) groups is 6. The number of hydrogen-bond donors (Lipinski definition) is 2. The lowest BCUT2D eigenvalue weighted by molar-refractivity contribution is -0.119. The van der Waals surface area contributed by atoms with Gasteiger partial charge in [0.05, 0.1) is 5.56 Å². The van der Waals surface area contributed by atoms with Gasteiger partial charge in [-0.1, -0.05) is 239 Å². The van der Waals surface area contributed by atoms with Crippen LogP contribution < -0.4 is 11.3 Å². The van der Waals surface area contributed by atoms with Crippen molar-refractivity contribution in [3.8, 4) is 11.5 Å². The summed E-state index contributed by atoms with van der Waals surface area (Å²) < 4.78 is 31.9. The fourth-order valence-corrected chi connectivity index (χ4v) is 42.4. The standard InChI is InChI=1S/C24H36O3Si.C22H36O3Si.C22H38OSi.C15H14O3.C13H16O.C12H14O.C11H12O2.C11H12O/c1-16(2)28(17(3)4,18(5)6)27-22-10-8-7-9-19-13-20-11-12-24(25)26-23(20)15-21(19)14-22;1-15(2)26(16(3)4,17(5)6)25-21-10-8-7-9-18-11-20(14-23)22(24)13-19(18)12-21;1-16(2)24(17(3)4,18(5)6)23-22-11-9-8-10-20-13-12-19(7)14-21(20)15-22;16-13-4-2-1-3-10-7-11-5-6-15(17)18-14(11)9-12(10)8-13;1-10-6-7-11-4-2-3-5-13(14)9-12(11)8-10;1-9-6-7-10-4-2-3-5-12(13)11(10)8-9;12-9-6-5-8-3-1-2-4-11(13)10(8)7-9;12-11-8-4-2-6-9-5-1-3-7-10(9)11/h11-13,15-18,22H,7-10,14H2,1-6H3;11,13-17,21,24H,7-10,12H2,1-6H3;12-14,16-18,22H,8-11,15H2,1-7H3;5-7,9H,1-4,8H2;6-8H,2-5,9H2,1H3;6-8H,2-5H2,1H3;5-7,12H,1-4H2;1,3,5,7H,2,4,6,8H2. The van der Waals surface area contributed by atoms with Crippen molar-refractivity contribution in [3.63, 3.8) is 0 Å². The molecule has 148 heavy (non-hydrogen) atoms.